The number of benzene rings is 1. The van der Waals surface area contributed by atoms with Crippen LogP contribution in [0.4, 0.5) is 10.5 Å². The fraction of sp³-hybridized carbons (Fsp3) is 0.385. The Morgan fingerprint density at radius 2 is 2.00 bits per heavy atom. The third kappa shape index (κ3) is 4.28. The van der Waals surface area contributed by atoms with Crippen LogP contribution in [0.2, 0.25) is 10.0 Å². The third-order valence-corrected chi connectivity index (χ3v) is 3.25. The van der Waals surface area contributed by atoms with E-state index in [2.05, 4.69) is 5.32 Å². The summed E-state index contributed by atoms with van der Waals surface area (Å²) < 4.78 is 4.89. The first kappa shape index (κ1) is 14.9. The number of ether oxygens (including phenoxy) is 1. The molecule has 0 unspecified atom stereocenters. The van der Waals surface area contributed by atoms with Crippen LogP contribution >= 0.6 is 23.2 Å². The Balaban J connectivity index is 1.84. The number of nitrogens with zero attached hydrogens (tertiary/aromatic N) is 1. The van der Waals surface area contributed by atoms with Crippen LogP contribution in [0, 0.1) is 0 Å². The normalized spacial score (nSPS) is 14.9. The molecule has 0 spiro atoms. The summed E-state index contributed by atoms with van der Waals surface area (Å²) in [5.41, 5.74) is 0.536. The summed E-state index contributed by atoms with van der Waals surface area (Å²) in [6.07, 6.45) is 0.617. The zero-order chi connectivity index (χ0) is 14.5. The first-order chi connectivity index (χ1) is 9.54. The molecule has 1 aromatic rings. The molecule has 0 aromatic heterocycles. The average molecular weight is 317 g/mol. The molecule has 1 aliphatic heterocycles. The molecule has 1 N–H and O–H groups in total. The van der Waals surface area contributed by atoms with E-state index in [9.17, 15) is 9.59 Å². The summed E-state index contributed by atoms with van der Waals surface area (Å²) in [4.78, 5) is 24.7. The van der Waals surface area contributed by atoms with Gasteiger partial charge in [-0.25, -0.2) is 4.79 Å². The Hall–Kier alpha value is -1.46. The molecular weight excluding hydrogens is 303 g/mol. The van der Waals surface area contributed by atoms with Crippen LogP contribution in [0.1, 0.15) is 12.8 Å². The second kappa shape index (κ2) is 6.81. The lowest BCUT2D eigenvalue weighted by Gasteiger charge is -2.25. The maximum absolute atomic E-state index is 11.8. The minimum atomic E-state index is -0.366. The highest BCUT2D eigenvalue weighted by molar-refractivity contribution is 6.35. The molecule has 1 aromatic carbocycles. The number of carbonyl (C=O) groups is 2. The van der Waals surface area contributed by atoms with Gasteiger partial charge in [-0.15, -0.1) is 0 Å². The highest BCUT2D eigenvalue weighted by atomic mass is 35.5. The van der Waals surface area contributed by atoms with E-state index in [1.165, 1.54) is 4.90 Å². The molecule has 1 aliphatic rings. The van der Waals surface area contributed by atoms with Crippen molar-refractivity contribution in [2.24, 2.45) is 0 Å². The van der Waals surface area contributed by atoms with E-state index in [0.717, 1.165) is 6.42 Å². The Morgan fingerprint density at radius 1 is 1.30 bits per heavy atom. The molecule has 0 radical (unpaired) electrons. The predicted molar refractivity (Wildman–Crippen MR) is 77.2 cm³/mol. The van der Waals surface area contributed by atoms with Gasteiger partial charge in [0.2, 0.25) is 5.91 Å². The van der Waals surface area contributed by atoms with Gasteiger partial charge >= 0.3 is 6.09 Å². The van der Waals surface area contributed by atoms with E-state index in [1.54, 1.807) is 18.2 Å². The van der Waals surface area contributed by atoms with E-state index >= 15 is 0 Å². The highest BCUT2D eigenvalue weighted by Crippen LogP contribution is 2.22. The molecule has 108 valence electrons. The third-order valence-electron chi connectivity index (χ3n) is 2.81. The maximum Gasteiger partial charge on any atom is 0.409 e. The van der Waals surface area contributed by atoms with Crippen molar-refractivity contribution in [3.8, 4) is 0 Å². The molecule has 0 saturated carbocycles. The second-order valence-electron chi connectivity index (χ2n) is 4.41. The lowest BCUT2D eigenvalue weighted by atomic mass is 10.3. The van der Waals surface area contributed by atoms with Gasteiger partial charge in [-0.1, -0.05) is 23.2 Å². The van der Waals surface area contributed by atoms with Gasteiger partial charge in [0, 0.05) is 35.2 Å². The van der Waals surface area contributed by atoms with E-state index in [4.69, 9.17) is 27.9 Å². The second-order valence-corrected chi connectivity index (χ2v) is 5.28. The summed E-state index contributed by atoms with van der Waals surface area (Å²) >= 11 is 11.7. The zero-order valence-corrected chi connectivity index (χ0v) is 12.2. The molecule has 0 bridgehead atoms. The van der Waals surface area contributed by atoms with Crippen LogP contribution in [0.5, 0.6) is 0 Å². The number of amides is 2. The van der Waals surface area contributed by atoms with Crippen molar-refractivity contribution in [2.75, 3.05) is 25.0 Å². The number of anilines is 1. The van der Waals surface area contributed by atoms with Crippen LogP contribution < -0.4 is 5.32 Å². The number of cyclic esters (lactones) is 1. The zero-order valence-electron chi connectivity index (χ0n) is 10.7. The van der Waals surface area contributed by atoms with Crippen LogP contribution in [0.15, 0.2) is 18.2 Å². The Labute approximate surface area is 126 Å². The standard InChI is InChI=1S/C13H14Cl2N2O3/c14-9-6-10(15)8-11(7-9)16-12(18)2-4-17-3-1-5-20-13(17)19/h6-8H,1-5H2,(H,16,18). The first-order valence-electron chi connectivity index (χ1n) is 6.22. The molecule has 1 heterocycles. The largest absolute Gasteiger partial charge is 0.449 e. The van der Waals surface area contributed by atoms with Crippen molar-refractivity contribution >= 4 is 40.9 Å². The van der Waals surface area contributed by atoms with E-state index in [0.29, 0.717) is 35.4 Å². The number of carbonyl (C=O) groups excluding carboxylic acids is 2. The van der Waals surface area contributed by atoms with E-state index < -0.39 is 0 Å². The lowest BCUT2D eigenvalue weighted by Crippen LogP contribution is -2.39. The van der Waals surface area contributed by atoms with Crippen molar-refractivity contribution in [3.05, 3.63) is 28.2 Å². The van der Waals surface area contributed by atoms with Crippen LogP contribution in [-0.4, -0.2) is 36.6 Å². The Bertz CT molecular complexity index is 502. The highest BCUT2D eigenvalue weighted by Gasteiger charge is 2.19. The fourth-order valence-electron chi connectivity index (χ4n) is 1.89. The van der Waals surface area contributed by atoms with E-state index in [1.807, 2.05) is 0 Å². The molecule has 0 aliphatic carbocycles. The van der Waals surface area contributed by atoms with Crippen LogP contribution in [0.3, 0.4) is 0 Å². The number of nitrogens with one attached hydrogen (secondary N) is 1. The monoisotopic (exact) mass is 316 g/mol. The minimum absolute atomic E-state index is 0.194. The van der Waals surface area contributed by atoms with Crippen molar-refractivity contribution in [1.29, 1.82) is 0 Å². The van der Waals surface area contributed by atoms with Crippen molar-refractivity contribution in [2.45, 2.75) is 12.8 Å². The smallest absolute Gasteiger partial charge is 0.409 e. The molecular formula is C13H14Cl2N2O3. The van der Waals surface area contributed by atoms with Gasteiger partial charge in [0.1, 0.15) is 0 Å². The van der Waals surface area contributed by atoms with Crippen molar-refractivity contribution in [3.63, 3.8) is 0 Å². The molecule has 5 nitrogen and oxygen atoms in total. The van der Waals surface area contributed by atoms with Crippen LogP contribution in [0.25, 0.3) is 0 Å². The topological polar surface area (TPSA) is 58.6 Å². The van der Waals surface area contributed by atoms with Gasteiger partial charge in [-0.05, 0) is 24.6 Å². The van der Waals surface area contributed by atoms with Crippen molar-refractivity contribution < 1.29 is 14.3 Å². The molecule has 20 heavy (non-hydrogen) atoms. The number of hydrogen-bond acceptors (Lipinski definition) is 3. The SMILES string of the molecule is O=C(CCN1CCCOC1=O)Nc1cc(Cl)cc(Cl)c1. The summed E-state index contributed by atoms with van der Waals surface area (Å²) in [5.74, 6) is -0.207. The van der Waals surface area contributed by atoms with Gasteiger partial charge < -0.3 is 15.0 Å². The quantitative estimate of drug-likeness (QED) is 0.928. The molecule has 0 atom stereocenters. The number of halogens is 2. The fourth-order valence-corrected chi connectivity index (χ4v) is 2.41. The summed E-state index contributed by atoms with van der Waals surface area (Å²) in [7, 11) is 0. The van der Waals surface area contributed by atoms with Crippen LogP contribution in [-0.2, 0) is 9.53 Å². The molecule has 2 amide bonds. The van der Waals surface area contributed by atoms with Crippen molar-refractivity contribution in [1.82, 2.24) is 4.90 Å². The van der Waals surface area contributed by atoms with Gasteiger partial charge in [-0.3, -0.25) is 4.79 Å². The lowest BCUT2D eigenvalue weighted by molar-refractivity contribution is -0.116. The van der Waals surface area contributed by atoms with Gasteiger partial charge in [0.25, 0.3) is 0 Å². The molecule has 7 heteroatoms. The first-order valence-corrected chi connectivity index (χ1v) is 6.98. The summed E-state index contributed by atoms with van der Waals surface area (Å²) in [6.45, 7) is 1.40. The molecule has 2 rings (SSSR count). The number of hydrogen-bond donors (Lipinski definition) is 1. The Kier molecular flexibility index (Phi) is 5.09. The molecule has 1 saturated heterocycles. The maximum atomic E-state index is 11.8. The summed E-state index contributed by atoms with van der Waals surface area (Å²) in [5, 5.41) is 3.59. The van der Waals surface area contributed by atoms with Gasteiger partial charge in [0.15, 0.2) is 0 Å². The minimum Gasteiger partial charge on any atom is -0.449 e. The summed E-state index contributed by atoms with van der Waals surface area (Å²) in [6, 6.07) is 4.81. The predicted octanol–water partition coefficient (Wildman–Crippen LogP) is 3.16. The van der Waals surface area contributed by atoms with Gasteiger partial charge in [0.05, 0.1) is 6.61 Å². The Morgan fingerprint density at radius 3 is 2.65 bits per heavy atom. The molecule has 1 fully saturated rings. The number of rotatable bonds is 4. The van der Waals surface area contributed by atoms with Gasteiger partial charge in [-0.2, -0.15) is 0 Å². The van der Waals surface area contributed by atoms with E-state index in [-0.39, 0.29) is 18.4 Å². The average Bonchev–Trinajstić information content (AvgIpc) is 2.36.